The molecule has 0 radical (unpaired) electrons. The quantitative estimate of drug-likeness (QED) is 0.913. The zero-order chi connectivity index (χ0) is 13.4. The van der Waals surface area contributed by atoms with Gasteiger partial charge >= 0.3 is 0 Å². The highest BCUT2D eigenvalue weighted by molar-refractivity contribution is 9.10. The molecule has 2 N–H and O–H groups in total. The number of anilines is 1. The number of nitrogens with one attached hydrogen (secondary N) is 2. The second-order valence-corrected chi connectivity index (χ2v) is 5.61. The lowest BCUT2D eigenvalue weighted by Gasteiger charge is -2.05. The van der Waals surface area contributed by atoms with Crippen molar-refractivity contribution in [3.8, 4) is 0 Å². The van der Waals surface area contributed by atoms with Crippen LogP contribution in [0, 0.1) is 6.92 Å². The lowest BCUT2D eigenvalue weighted by atomic mass is 10.2. The van der Waals surface area contributed by atoms with Gasteiger partial charge in [-0.2, -0.15) is 0 Å². The number of carbonyl (C=O) groups is 1. The highest BCUT2D eigenvalue weighted by Gasteiger charge is 2.28. The third kappa shape index (κ3) is 2.68. The van der Waals surface area contributed by atoms with E-state index >= 15 is 0 Å². The Morgan fingerprint density at radius 2 is 2.26 bits per heavy atom. The molecule has 5 nitrogen and oxygen atoms in total. The number of H-pyrrole nitrogens is 1. The van der Waals surface area contributed by atoms with Crippen LogP contribution in [-0.4, -0.2) is 21.1 Å². The molecular formula is C13H13BrN4O. The molecular weight excluding hydrogens is 308 g/mol. The fraction of sp³-hybridized carbons (Fsp3) is 0.308. The standard InChI is InChI=1S/C13H13BrN4O/c1-7-2-5-10(9(14)6-7)15-13(19)12-16-11(17-18-12)8-3-4-8/h2,5-6,8H,3-4H2,1H3,(H,15,19)(H,16,17,18). The van der Waals surface area contributed by atoms with Crippen LogP contribution in [-0.2, 0) is 0 Å². The molecule has 0 spiro atoms. The van der Waals surface area contributed by atoms with Crippen molar-refractivity contribution in [1.82, 2.24) is 15.2 Å². The van der Waals surface area contributed by atoms with Gasteiger partial charge in [0.1, 0.15) is 5.82 Å². The third-order valence-corrected chi connectivity index (χ3v) is 3.70. The molecule has 1 aromatic carbocycles. The highest BCUT2D eigenvalue weighted by Crippen LogP contribution is 2.37. The minimum Gasteiger partial charge on any atom is -0.318 e. The van der Waals surface area contributed by atoms with Crippen LogP contribution < -0.4 is 5.32 Å². The molecule has 1 fully saturated rings. The number of halogens is 1. The van der Waals surface area contributed by atoms with Crippen LogP contribution in [0.2, 0.25) is 0 Å². The van der Waals surface area contributed by atoms with Gasteiger partial charge < -0.3 is 5.32 Å². The fourth-order valence-corrected chi connectivity index (χ4v) is 2.41. The lowest BCUT2D eigenvalue weighted by molar-refractivity contribution is 0.101. The van der Waals surface area contributed by atoms with Crippen LogP contribution in [0.25, 0.3) is 0 Å². The van der Waals surface area contributed by atoms with E-state index in [9.17, 15) is 4.79 Å². The van der Waals surface area contributed by atoms with E-state index in [0.29, 0.717) is 11.6 Å². The molecule has 0 saturated heterocycles. The predicted molar refractivity (Wildman–Crippen MR) is 75.2 cm³/mol. The first-order chi connectivity index (χ1) is 9.13. The molecule has 3 rings (SSSR count). The maximum Gasteiger partial charge on any atom is 0.295 e. The summed E-state index contributed by atoms with van der Waals surface area (Å²) in [5.74, 6) is 1.16. The fourth-order valence-electron chi connectivity index (χ4n) is 1.81. The van der Waals surface area contributed by atoms with Crippen LogP contribution in [0.3, 0.4) is 0 Å². The van der Waals surface area contributed by atoms with Crippen molar-refractivity contribution < 1.29 is 4.79 Å². The Morgan fingerprint density at radius 3 is 2.95 bits per heavy atom. The van der Waals surface area contributed by atoms with Gasteiger partial charge in [0, 0.05) is 10.4 Å². The lowest BCUT2D eigenvalue weighted by Crippen LogP contribution is -2.14. The summed E-state index contributed by atoms with van der Waals surface area (Å²) in [6.07, 6.45) is 2.25. The molecule has 0 unspecified atom stereocenters. The maximum absolute atomic E-state index is 12.0. The van der Waals surface area contributed by atoms with Gasteiger partial charge in [0.25, 0.3) is 5.91 Å². The van der Waals surface area contributed by atoms with Crippen LogP contribution in [0.1, 0.15) is 40.8 Å². The SMILES string of the molecule is Cc1ccc(NC(=O)c2n[nH]c(C3CC3)n2)c(Br)c1. The Labute approximate surface area is 119 Å². The second kappa shape index (κ2) is 4.77. The summed E-state index contributed by atoms with van der Waals surface area (Å²) in [7, 11) is 0. The zero-order valence-electron chi connectivity index (χ0n) is 10.4. The third-order valence-electron chi connectivity index (χ3n) is 3.04. The van der Waals surface area contributed by atoms with Gasteiger partial charge in [-0.3, -0.25) is 9.89 Å². The highest BCUT2D eigenvalue weighted by atomic mass is 79.9. The summed E-state index contributed by atoms with van der Waals surface area (Å²) in [6.45, 7) is 1.99. The van der Waals surface area contributed by atoms with E-state index < -0.39 is 0 Å². The van der Waals surface area contributed by atoms with Gasteiger partial charge in [-0.15, -0.1) is 5.10 Å². The van der Waals surface area contributed by atoms with Crippen molar-refractivity contribution in [3.05, 3.63) is 39.9 Å². The van der Waals surface area contributed by atoms with E-state index in [1.54, 1.807) is 0 Å². The monoisotopic (exact) mass is 320 g/mol. The minimum atomic E-state index is -0.298. The van der Waals surface area contributed by atoms with Gasteiger partial charge in [0.05, 0.1) is 5.69 Å². The number of aromatic amines is 1. The van der Waals surface area contributed by atoms with Crippen molar-refractivity contribution in [1.29, 1.82) is 0 Å². The van der Waals surface area contributed by atoms with Crippen LogP contribution in [0.4, 0.5) is 5.69 Å². The molecule has 1 heterocycles. The Morgan fingerprint density at radius 1 is 1.47 bits per heavy atom. The zero-order valence-corrected chi connectivity index (χ0v) is 12.0. The van der Waals surface area contributed by atoms with Crippen LogP contribution in [0.15, 0.2) is 22.7 Å². The van der Waals surface area contributed by atoms with Crippen molar-refractivity contribution in [2.75, 3.05) is 5.32 Å². The van der Waals surface area contributed by atoms with Crippen molar-refractivity contribution in [2.45, 2.75) is 25.7 Å². The second-order valence-electron chi connectivity index (χ2n) is 4.76. The summed E-state index contributed by atoms with van der Waals surface area (Å²) in [6, 6.07) is 5.74. The number of hydrogen-bond donors (Lipinski definition) is 2. The molecule has 98 valence electrons. The Bertz CT molecular complexity index is 633. The van der Waals surface area contributed by atoms with E-state index in [0.717, 1.165) is 28.7 Å². The summed E-state index contributed by atoms with van der Waals surface area (Å²) in [5.41, 5.74) is 1.84. The Hall–Kier alpha value is -1.69. The van der Waals surface area contributed by atoms with Crippen molar-refractivity contribution >= 4 is 27.5 Å². The smallest absolute Gasteiger partial charge is 0.295 e. The Kier molecular flexibility index (Phi) is 3.10. The average Bonchev–Trinajstić information content (AvgIpc) is 3.10. The van der Waals surface area contributed by atoms with Gasteiger partial charge in [-0.05, 0) is 53.4 Å². The van der Waals surface area contributed by atoms with Gasteiger partial charge in [-0.1, -0.05) is 6.07 Å². The number of benzene rings is 1. The maximum atomic E-state index is 12.0. The van der Waals surface area contributed by atoms with Crippen molar-refractivity contribution in [2.24, 2.45) is 0 Å². The van der Waals surface area contributed by atoms with Gasteiger partial charge in [0.2, 0.25) is 5.82 Å². The molecule has 2 aromatic rings. The summed E-state index contributed by atoms with van der Waals surface area (Å²) >= 11 is 3.42. The number of rotatable bonds is 3. The molecule has 1 aromatic heterocycles. The molecule has 1 aliphatic carbocycles. The number of hydrogen-bond acceptors (Lipinski definition) is 3. The Balaban J connectivity index is 1.76. The van der Waals surface area contributed by atoms with Gasteiger partial charge in [0.15, 0.2) is 0 Å². The van der Waals surface area contributed by atoms with Gasteiger partial charge in [-0.25, -0.2) is 4.98 Å². The van der Waals surface area contributed by atoms with E-state index in [2.05, 4.69) is 36.4 Å². The predicted octanol–water partition coefficient (Wildman–Crippen LogP) is 3.01. The number of carbonyl (C=O) groups excluding carboxylic acids is 1. The molecule has 0 bridgehead atoms. The first-order valence-electron chi connectivity index (χ1n) is 6.13. The average molecular weight is 321 g/mol. The normalized spacial score (nSPS) is 14.4. The van der Waals surface area contributed by atoms with E-state index in [1.165, 1.54) is 0 Å². The van der Waals surface area contributed by atoms with E-state index in [4.69, 9.17) is 0 Å². The molecule has 6 heteroatoms. The molecule has 1 aliphatic rings. The number of aromatic nitrogens is 3. The largest absolute Gasteiger partial charge is 0.318 e. The molecule has 0 aliphatic heterocycles. The topological polar surface area (TPSA) is 70.7 Å². The summed E-state index contributed by atoms with van der Waals surface area (Å²) in [5, 5.41) is 9.58. The van der Waals surface area contributed by atoms with Crippen LogP contribution >= 0.6 is 15.9 Å². The molecule has 0 atom stereocenters. The minimum absolute atomic E-state index is 0.189. The van der Waals surface area contributed by atoms with Crippen LogP contribution in [0.5, 0.6) is 0 Å². The first kappa shape index (κ1) is 12.3. The number of aryl methyl sites for hydroxylation is 1. The van der Waals surface area contributed by atoms with E-state index in [-0.39, 0.29) is 11.7 Å². The summed E-state index contributed by atoms with van der Waals surface area (Å²) < 4.78 is 0.846. The molecule has 1 amide bonds. The molecule has 19 heavy (non-hydrogen) atoms. The van der Waals surface area contributed by atoms with E-state index in [1.807, 2.05) is 25.1 Å². The first-order valence-corrected chi connectivity index (χ1v) is 6.92. The van der Waals surface area contributed by atoms with Crippen molar-refractivity contribution in [3.63, 3.8) is 0 Å². The summed E-state index contributed by atoms with van der Waals surface area (Å²) in [4.78, 5) is 16.3. The number of amides is 1. The number of nitrogens with zero attached hydrogens (tertiary/aromatic N) is 2. The molecule has 1 saturated carbocycles.